The molecule has 0 bridgehead atoms. The molecule has 132 valence electrons. The maximum atomic E-state index is 12.9. The van der Waals surface area contributed by atoms with Crippen LogP contribution < -0.4 is 5.32 Å². The lowest BCUT2D eigenvalue weighted by Gasteiger charge is -2.30. The maximum absolute atomic E-state index is 12.9. The maximum Gasteiger partial charge on any atom is 0.232 e. The van der Waals surface area contributed by atoms with Gasteiger partial charge in [-0.2, -0.15) is 0 Å². The van der Waals surface area contributed by atoms with Crippen molar-refractivity contribution in [1.82, 2.24) is 10.2 Å². The van der Waals surface area contributed by atoms with E-state index in [4.69, 9.17) is 4.74 Å². The summed E-state index contributed by atoms with van der Waals surface area (Å²) in [6.45, 7) is 3.31. The first-order valence-electron chi connectivity index (χ1n) is 8.92. The Morgan fingerprint density at radius 3 is 2.28 bits per heavy atom. The van der Waals surface area contributed by atoms with Crippen molar-refractivity contribution in [2.24, 2.45) is 0 Å². The number of benzene rings is 2. The zero-order valence-corrected chi connectivity index (χ0v) is 14.7. The average Bonchev–Trinajstić information content (AvgIpc) is 2.64. The van der Waals surface area contributed by atoms with Gasteiger partial charge in [-0.25, -0.2) is 0 Å². The molecule has 1 atom stereocenters. The lowest BCUT2D eigenvalue weighted by atomic mass is 9.90. The minimum Gasteiger partial charge on any atom is -0.375 e. The van der Waals surface area contributed by atoms with Gasteiger partial charge in [-0.3, -0.25) is 4.79 Å². The minimum atomic E-state index is -0.280. The van der Waals surface area contributed by atoms with Crippen LogP contribution >= 0.6 is 0 Å². The summed E-state index contributed by atoms with van der Waals surface area (Å²) < 4.78 is 5.77. The molecule has 0 radical (unpaired) electrons. The molecular formula is C21H26N2O2. The number of carbonyl (C=O) groups excluding carboxylic acids is 1. The first kappa shape index (κ1) is 17.6. The van der Waals surface area contributed by atoms with Crippen LogP contribution in [0.2, 0.25) is 0 Å². The lowest BCUT2D eigenvalue weighted by Crippen LogP contribution is -2.42. The Balaban J connectivity index is 1.64. The van der Waals surface area contributed by atoms with Crippen LogP contribution in [0.15, 0.2) is 60.7 Å². The molecule has 0 saturated carbocycles. The van der Waals surface area contributed by atoms with Crippen LogP contribution in [0.3, 0.4) is 0 Å². The summed E-state index contributed by atoms with van der Waals surface area (Å²) in [6, 6.07) is 19.9. The predicted octanol–water partition coefficient (Wildman–Crippen LogP) is 2.66. The topological polar surface area (TPSA) is 41.6 Å². The number of nitrogens with one attached hydrogen (secondary N) is 1. The largest absolute Gasteiger partial charge is 0.375 e. The van der Waals surface area contributed by atoms with Crippen molar-refractivity contribution >= 4 is 5.91 Å². The molecule has 1 aliphatic rings. The molecule has 0 spiro atoms. The first-order chi connectivity index (χ1) is 12.2. The van der Waals surface area contributed by atoms with Gasteiger partial charge in [-0.05, 0) is 24.6 Å². The Morgan fingerprint density at radius 1 is 1.12 bits per heavy atom. The van der Waals surface area contributed by atoms with E-state index in [-0.39, 0.29) is 17.9 Å². The molecule has 1 amide bonds. The van der Waals surface area contributed by atoms with Crippen molar-refractivity contribution in [3.8, 4) is 0 Å². The highest BCUT2D eigenvalue weighted by Gasteiger charge is 2.23. The third-order valence-electron chi connectivity index (χ3n) is 4.64. The zero-order valence-electron chi connectivity index (χ0n) is 14.7. The Morgan fingerprint density at radius 2 is 1.72 bits per heavy atom. The molecule has 2 aromatic rings. The van der Waals surface area contributed by atoms with E-state index < -0.39 is 0 Å². The number of likely N-dealkylation sites (N-methyl/N-ethyl adjacent to an activating group) is 1. The van der Waals surface area contributed by atoms with Crippen molar-refractivity contribution in [2.75, 3.05) is 33.3 Å². The Kier molecular flexibility index (Phi) is 6.20. The summed E-state index contributed by atoms with van der Waals surface area (Å²) in [5.41, 5.74) is 2.03. The van der Waals surface area contributed by atoms with E-state index in [2.05, 4.69) is 17.3 Å². The van der Waals surface area contributed by atoms with Gasteiger partial charge >= 0.3 is 0 Å². The second-order valence-electron chi connectivity index (χ2n) is 6.59. The molecule has 1 unspecified atom stereocenters. The molecule has 1 aliphatic heterocycles. The summed E-state index contributed by atoms with van der Waals surface area (Å²) >= 11 is 0. The summed E-state index contributed by atoms with van der Waals surface area (Å²) in [4.78, 5) is 15.2. The predicted molar refractivity (Wildman–Crippen MR) is 99.6 cm³/mol. The van der Waals surface area contributed by atoms with E-state index in [0.717, 1.165) is 37.2 Å². The van der Waals surface area contributed by atoms with Gasteiger partial charge in [-0.1, -0.05) is 60.7 Å². The second-order valence-corrected chi connectivity index (χ2v) is 6.59. The van der Waals surface area contributed by atoms with Gasteiger partial charge in [-0.15, -0.1) is 0 Å². The molecule has 0 aliphatic carbocycles. The van der Waals surface area contributed by atoms with Crippen LogP contribution in [0.4, 0.5) is 0 Å². The first-order valence-corrected chi connectivity index (χ1v) is 8.92. The standard InChI is InChI=1S/C21H26N2O2/c1-23-14-15-25-19(16-23)12-13-22-21(24)20(17-8-4-2-5-9-17)18-10-6-3-7-11-18/h2-11,19-20H,12-16H2,1H3,(H,22,24). The van der Waals surface area contributed by atoms with E-state index in [9.17, 15) is 4.79 Å². The van der Waals surface area contributed by atoms with Crippen molar-refractivity contribution < 1.29 is 9.53 Å². The van der Waals surface area contributed by atoms with E-state index in [1.165, 1.54) is 0 Å². The SMILES string of the molecule is CN1CCOC(CCNC(=O)C(c2ccccc2)c2ccccc2)C1. The zero-order chi connectivity index (χ0) is 17.5. The Hall–Kier alpha value is -2.17. The lowest BCUT2D eigenvalue weighted by molar-refractivity contribution is -0.121. The molecule has 1 fully saturated rings. The number of carbonyl (C=O) groups is 1. The number of nitrogens with zero attached hydrogens (tertiary/aromatic N) is 1. The van der Waals surface area contributed by atoms with Gasteiger partial charge in [0, 0.05) is 19.6 Å². The van der Waals surface area contributed by atoms with E-state index in [1.54, 1.807) is 0 Å². The van der Waals surface area contributed by atoms with Gasteiger partial charge in [0.15, 0.2) is 0 Å². The number of amides is 1. The second kappa shape index (κ2) is 8.79. The van der Waals surface area contributed by atoms with Crippen LogP contribution in [-0.4, -0.2) is 50.2 Å². The highest BCUT2D eigenvalue weighted by Crippen LogP contribution is 2.24. The van der Waals surface area contributed by atoms with Gasteiger partial charge in [0.2, 0.25) is 5.91 Å². The number of ether oxygens (including phenoxy) is 1. The summed E-state index contributed by atoms with van der Waals surface area (Å²) in [5.74, 6) is -0.237. The molecule has 3 rings (SSSR count). The van der Waals surface area contributed by atoms with Crippen LogP contribution in [0.25, 0.3) is 0 Å². The van der Waals surface area contributed by atoms with Crippen molar-refractivity contribution in [3.05, 3.63) is 71.8 Å². The van der Waals surface area contributed by atoms with Gasteiger partial charge in [0.1, 0.15) is 0 Å². The van der Waals surface area contributed by atoms with Crippen LogP contribution in [0.5, 0.6) is 0 Å². The van der Waals surface area contributed by atoms with Crippen molar-refractivity contribution in [1.29, 1.82) is 0 Å². The van der Waals surface area contributed by atoms with Crippen LogP contribution in [0.1, 0.15) is 23.5 Å². The number of rotatable bonds is 6. The van der Waals surface area contributed by atoms with E-state index >= 15 is 0 Å². The number of hydrogen-bond donors (Lipinski definition) is 1. The van der Waals surface area contributed by atoms with Crippen molar-refractivity contribution in [3.63, 3.8) is 0 Å². The summed E-state index contributed by atoms with van der Waals surface area (Å²) in [6.07, 6.45) is 1.04. The minimum absolute atomic E-state index is 0.0431. The Bertz CT molecular complexity index is 621. The number of morpholine rings is 1. The highest BCUT2D eigenvalue weighted by molar-refractivity contribution is 5.87. The number of hydrogen-bond acceptors (Lipinski definition) is 3. The fourth-order valence-electron chi connectivity index (χ4n) is 3.29. The molecular weight excluding hydrogens is 312 g/mol. The summed E-state index contributed by atoms with van der Waals surface area (Å²) in [7, 11) is 2.11. The van der Waals surface area contributed by atoms with Gasteiger partial charge < -0.3 is 15.0 Å². The smallest absolute Gasteiger partial charge is 0.232 e. The Labute approximate surface area is 149 Å². The molecule has 0 aromatic heterocycles. The molecule has 1 heterocycles. The monoisotopic (exact) mass is 338 g/mol. The van der Waals surface area contributed by atoms with E-state index in [1.807, 2.05) is 60.7 Å². The van der Waals surface area contributed by atoms with Crippen LogP contribution in [-0.2, 0) is 9.53 Å². The molecule has 25 heavy (non-hydrogen) atoms. The molecule has 4 heteroatoms. The van der Waals surface area contributed by atoms with Crippen molar-refractivity contribution in [2.45, 2.75) is 18.4 Å². The molecule has 1 saturated heterocycles. The third-order valence-corrected chi connectivity index (χ3v) is 4.64. The quantitative estimate of drug-likeness (QED) is 0.880. The molecule has 1 N–H and O–H groups in total. The molecule has 2 aromatic carbocycles. The summed E-state index contributed by atoms with van der Waals surface area (Å²) in [5, 5.41) is 3.10. The van der Waals surface area contributed by atoms with Gasteiger partial charge in [0.25, 0.3) is 0 Å². The fourth-order valence-corrected chi connectivity index (χ4v) is 3.29. The average molecular weight is 338 g/mol. The fraction of sp³-hybridized carbons (Fsp3) is 0.381. The third kappa shape index (κ3) is 4.91. The normalized spacial score (nSPS) is 18.2. The van der Waals surface area contributed by atoms with Crippen LogP contribution in [0, 0.1) is 0 Å². The van der Waals surface area contributed by atoms with E-state index in [0.29, 0.717) is 6.54 Å². The highest BCUT2D eigenvalue weighted by atomic mass is 16.5. The molecule has 4 nitrogen and oxygen atoms in total. The van der Waals surface area contributed by atoms with Gasteiger partial charge in [0.05, 0.1) is 18.6 Å².